The predicted octanol–water partition coefficient (Wildman–Crippen LogP) is 1.72. The molecule has 1 aliphatic heterocycles. The maximum Gasteiger partial charge on any atom is 0.323 e. The number of aromatic nitrogens is 5. The second-order valence-electron chi connectivity index (χ2n) is 7.50. The van der Waals surface area contributed by atoms with Crippen LogP contribution in [0.2, 0.25) is 0 Å². The van der Waals surface area contributed by atoms with Crippen LogP contribution in [-0.2, 0) is 6.54 Å². The lowest BCUT2D eigenvalue weighted by atomic mass is 10.2. The van der Waals surface area contributed by atoms with Crippen LogP contribution in [0.3, 0.4) is 0 Å². The number of nitrogens with one attached hydrogen (secondary N) is 4. The van der Waals surface area contributed by atoms with Gasteiger partial charge in [0.25, 0.3) is 11.8 Å². The van der Waals surface area contributed by atoms with Crippen molar-refractivity contribution >= 4 is 28.5 Å². The summed E-state index contributed by atoms with van der Waals surface area (Å²) < 4.78 is 1.79. The zero-order chi connectivity index (χ0) is 22.4. The van der Waals surface area contributed by atoms with E-state index >= 15 is 0 Å². The number of hydrogen-bond acceptors (Lipinski definition) is 5. The molecule has 1 aliphatic rings. The Kier molecular flexibility index (Phi) is 4.41. The van der Waals surface area contributed by atoms with E-state index in [2.05, 4.69) is 25.3 Å². The molecular weight excluding hydrogens is 412 g/mol. The van der Waals surface area contributed by atoms with Crippen LogP contribution in [-0.4, -0.2) is 47.8 Å². The fraction of sp³-hybridized carbons (Fsp3) is 0.190. The highest BCUT2D eigenvalue weighted by Crippen LogP contribution is 2.27. The third kappa shape index (κ3) is 3.05. The minimum Gasteiger partial charge on any atom is -0.356 e. The van der Waals surface area contributed by atoms with Crippen molar-refractivity contribution < 1.29 is 9.59 Å². The van der Waals surface area contributed by atoms with Crippen molar-refractivity contribution in [3.8, 4) is 6.07 Å². The van der Waals surface area contributed by atoms with Crippen molar-refractivity contribution in [1.82, 2.24) is 29.4 Å². The van der Waals surface area contributed by atoms with Crippen molar-refractivity contribution in [2.75, 3.05) is 11.9 Å². The van der Waals surface area contributed by atoms with Crippen LogP contribution in [0.1, 0.15) is 45.3 Å². The van der Waals surface area contributed by atoms with E-state index in [1.807, 2.05) is 13.0 Å². The Hall–Kier alpha value is -4.59. The van der Waals surface area contributed by atoms with E-state index in [1.165, 1.54) is 18.5 Å². The van der Waals surface area contributed by atoms with Crippen LogP contribution >= 0.6 is 0 Å². The summed E-state index contributed by atoms with van der Waals surface area (Å²) in [6.45, 7) is 2.62. The summed E-state index contributed by atoms with van der Waals surface area (Å²) in [5.41, 5.74) is 2.30. The molecule has 4 N–H and O–H groups in total. The van der Waals surface area contributed by atoms with E-state index in [4.69, 9.17) is 5.26 Å². The summed E-state index contributed by atoms with van der Waals surface area (Å²) in [6, 6.07) is 8.32. The smallest absolute Gasteiger partial charge is 0.323 e. The summed E-state index contributed by atoms with van der Waals surface area (Å²) >= 11 is 0. The van der Waals surface area contributed by atoms with Crippen LogP contribution in [0, 0.1) is 11.3 Å². The normalized spacial score (nSPS) is 15.4. The van der Waals surface area contributed by atoms with Gasteiger partial charge in [-0.2, -0.15) is 5.26 Å². The van der Waals surface area contributed by atoms with Crippen molar-refractivity contribution in [3.05, 3.63) is 69.9 Å². The number of benzene rings is 1. The predicted molar refractivity (Wildman–Crippen MR) is 114 cm³/mol. The highest BCUT2D eigenvalue weighted by molar-refractivity contribution is 6.07. The van der Waals surface area contributed by atoms with Gasteiger partial charge in [0, 0.05) is 19.3 Å². The first-order chi connectivity index (χ1) is 15.5. The maximum absolute atomic E-state index is 13.0. The molecule has 0 saturated heterocycles. The van der Waals surface area contributed by atoms with Gasteiger partial charge >= 0.3 is 5.69 Å². The van der Waals surface area contributed by atoms with Gasteiger partial charge in [-0.15, -0.1) is 0 Å². The monoisotopic (exact) mass is 430 g/mol. The zero-order valence-electron chi connectivity index (χ0n) is 17.0. The van der Waals surface area contributed by atoms with Crippen LogP contribution in [0.4, 0.5) is 5.69 Å². The summed E-state index contributed by atoms with van der Waals surface area (Å²) in [4.78, 5) is 51.7. The number of rotatable bonds is 3. The number of anilines is 1. The number of nitriles is 1. The van der Waals surface area contributed by atoms with E-state index < -0.39 is 0 Å². The summed E-state index contributed by atoms with van der Waals surface area (Å²) in [5.74, 6) is -0.00859. The average molecular weight is 430 g/mol. The van der Waals surface area contributed by atoms with E-state index in [1.54, 1.807) is 27.7 Å². The number of para-hydroxylation sites is 1. The average Bonchev–Trinajstić information content (AvgIpc) is 3.51. The van der Waals surface area contributed by atoms with Gasteiger partial charge in [-0.3, -0.25) is 9.59 Å². The molecule has 4 aromatic rings. The highest BCUT2D eigenvalue weighted by Gasteiger charge is 2.32. The second-order valence-corrected chi connectivity index (χ2v) is 7.50. The molecule has 1 unspecified atom stereocenters. The molecular formula is C21H18N8O3. The SMILES string of the molecule is CC1c2ncc(C(=O)Nc3cccc4[nH]c(=O)[nH]c34)n2CCN1C(=O)c1cc(C#N)c[nH]1. The molecule has 1 aromatic carbocycles. The second kappa shape index (κ2) is 7.28. The van der Waals surface area contributed by atoms with E-state index in [-0.39, 0.29) is 23.5 Å². The minimum atomic E-state index is -0.367. The number of hydrogen-bond donors (Lipinski definition) is 4. The highest BCUT2D eigenvalue weighted by atomic mass is 16.2. The molecule has 5 rings (SSSR count). The lowest BCUT2D eigenvalue weighted by Gasteiger charge is -2.34. The Morgan fingerprint density at radius 1 is 1.28 bits per heavy atom. The fourth-order valence-electron chi connectivity index (χ4n) is 4.04. The Bertz CT molecular complexity index is 1460. The van der Waals surface area contributed by atoms with Crippen LogP contribution in [0.25, 0.3) is 11.0 Å². The first kappa shape index (κ1) is 19.4. The molecule has 11 nitrogen and oxygen atoms in total. The Balaban J connectivity index is 1.39. The van der Waals surface area contributed by atoms with E-state index in [0.29, 0.717) is 52.6 Å². The van der Waals surface area contributed by atoms with Crippen LogP contribution in [0.15, 0.2) is 41.5 Å². The molecule has 32 heavy (non-hydrogen) atoms. The molecule has 1 atom stereocenters. The quantitative estimate of drug-likeness (QED) is 0.389. The van der Waals surface area contributed by atoms with Gasteiger partial charge in [0.05, 0.1) is 34.5 Å². The maximum atomic E-state index is 13.0. The molecule has 0 radical (unpaired) electrons. The van der Waals surface area contributed by atoms with Gasteiger partial charge in [0.2, 0.25) is 0 Å². The van der Waals surface area contributed by atoms with Gasteiger partial charge < -0.3 is 29.7 Å². The number of imidazole rings is 2. The first-order valence-corrected chi connectivity index (χ1v) is 9.93. The Morgan fingerprint density at radius 3 is 2.91 bits per heavy atom. The molecule has 2 amide bonds. The van der Waals surface area contributed by atoms with Gasteiger partial charge in [-0.25, -0.2) is 9.78 Å². The zero-order valence-corrected chi connectivity index (χ0v) is 17.0. The van der Waals surface area contributed by atoms with Crippen molar-refractivity contribution in [1.29, 1.82) is 5.26 Å². The standard InChI is InChI=1S/C21H18N8O3/c1-11-18-24-10-16(19(30)25-13-3-2-4-14-17(13)27-21(32)26-14)29(18)6-5-28(11)20(31)15-7-12(8-22)9-23-15/h2-4,7,9-11,23H,5-6H2,1H3,(H,25,30)(H2,26,27,32). The van der Waals surface area contributed by atoms with E-state index in [0.717, 1.165) is 0 Å². The molecule has 0 spiro atoms. The number of amides is 2. The third-order valence-corrected chi connectivity index (χ3v) is 5.63. The molecule has 11 heteroatoms. The van der Waals surface area contributed by atoms with Crippen molar-refractivity contribution in [2.45, 2.75) is 19.5 Å². The van der Waals surface area contributed by atoms with E-state index in [9.17, 15) is 14.4 Å². The van der Waals surface area contributed by atoms with Gasteiger partial charge in [-0.1, -0.05) is 6.07 Å². The molecule has 0 aliphatic carbocycles. The topological polar surface area (TPSA) is 155 Å². The largest absolute Gasteiger partial charge is 0.356 e. The number of fused-ring (bicyclic) bond motifs is 2. The lowest BCUT2D eigenvalue weighted by Crippen LogP contribution is -2.42. The number of carbonyl (C=O) groups excluding carboxylic acids is 2. The van der Waals surface area contributed by atoms with Gasteiger partial charge in [-0.05, 0) is 25.1 Å². The molecule has 4 heterocycles. The van der Waals surface area contributed by atoms with Crippen LogP contribution < -0.4 is 11.0 Å². The number of H-pyrrole nitrogens is 3. The summed E-state index contributed by atoms with van der Waals surface area (Å²) in [5, 5.41) is 11.8. The van der Waals surface area contributed by atoms with Gasteiger partial charge in [0.1, 0.15) is 23.3 Å². The Labute approximate surface area is 180 Å². The minimum absolute atomic E-state index is 0.234. The molecule has 0 fully saturated rings. The summed E-state index contributed by atoms with van der Waals surface area (Å²) in [6.07, 6.45) is 2.97. The first-order valence-electron chi connectivity index (χ1n) is 9.93. The third-order valence-electron chi connectivity index (χ3n) is 5.63. The van der Waals surface area contributed by atoms with Gasteiger partial charge in [0.15, 0.2) is 0 Å². The molecule has 160 valence electrons. The lowest BCUT2D eigenvalue weighted by molar-refractivity contribution is 0.0631. The summed E-state index contributed by atoms with van der Waals surface area (Å²) in [7, 11) is 0. The Morgan fingerprint density at radius 2 is 2.12 bits per heavy atom. The van der Waals surface area contributed by atoms with Crippen LogP contribution in [0.5, 0.6) is 0 Å². The number of carbonyl (C=O) groups is 2. The number of aromatic amines is 3. The number of nitrogens with zero attached hydrogens (tertiary/aromatic N) is 4. The molecule has 0 saturated carbocycles. The van der Waals surface area contributed by atoms with Crippen molar-refractivity contribution in [2.24, 2.45) is 0 Å². The molecule has 3 aromatic heterocycles. The van der Waals surface area contributed by atoms with Crippen molar-refractivity contribution in [3.63, 3.8) is 0 Å². The fourth-order valence-corrected chi connectivity index (χ4v) is 4.04. The molecule has 0 bridgehead atoms.